The number of benzene rings is 1. The number of carbonyl (C=O) groups excluding carboxylic acids is 1. The maximum absolute atomic E-state index is 12.2. The maximum atomic E-state index is 12.2. The Morgan fingerprint density at radius 1 is 1.33 bits per heavy atom. The molecule has 2 heterocycles. The largest absolute Gasteiger partial charge is 0.322 e. The Labute approximate surface area is 131 Å². The fraction of sp³-hybridized carbons (Fsp3) is 0.0667. The van der Waals surface area contributed by atoms with Gasteiger partial charge in [0, 0.05) is 34.6 Å². The molecule has 1 aromatic carbocycles. The number of aromatic nitrogens is 1. The first-order chi connectivity index (χ1) is 10.2. The van der Waals surface area contributed by atoms with E-state index in [1.807, 2.05) is 41.8 Å². The van der Waals surface area contributed by atoms with Crippen molar-refractivity contribution in [3.05, 3.63) is 64.8 Å². The van der Waals surface area contributed by atoms with Crippen molar-refractivity contribution in [1.29, 1.82) is 0 Å². The van der Waals surface area contributed by atoms with Gasteiger partial charge in [0.25, 0.3) is 5.91 Å². The summed E-state index contributed by atoms with van der Waals surface area (Å²) in [6, 6.07) is 9.78. The van der Waals surface area contributed by atoms with Gasteiger partial charge in [-0.25, -0.2) is 4.98 Å². The molecule has 0 unspecified atom stereocenters. The van der Waals surface area contributed by atoms with Crippen LogP contribution in [0.2, 0.25) is 0 Å². The van der Waals surface area contributed by atoms with E-state index in [0.29, 0.717) is 11.6 Å². The van der Waals surface area contributed by atoms with E-state index in [1.165, 1.54) is 15.8 Å². The van der Waals surface area contributed by atoms with Gasteiger partial charge in [0.05, 0.1) is 12.2 Å². The van der Waals surface area contributed by atoms with Crippen molar-refractivity contribution in [1.82, 2.24) is 14.7 Å². The van der Waals surface area contributed by atoms with Crippen LogP contribution in [0, 0.1) is 0 Å². The molecular weight excluding hydrogens is 306 g/mol. The Morgan fingerprint density at radius 2 is 2.14 bits per heavy atom. The number of thiazole rings is 1. The summed E-state index contributed by atoms with van der Waals surface area (Å²) >= 11 is 7.19. The lowest BCUT2D eigenvalue weighted by Gasteiger charge is -2.17. The molecule has 0 atom stereocenters. The Hall–Kier alpha value is -2.11. The number of rotatable bonds is 3. The number of nitrogens with one attached hydrogen (secondary N) is 1. The zero-order valence-corrected chi connectivity index (χ0v) is 12.6. The van der Waals surface area contributed by atoms with Crippen molar-refractivity contribution in [3.63, 3.8) is 0 Å². The van der Waals surface area contributed by atoms with Gasteiger partial charge >= 0.3 is 0 Å². The maximum Gasteiger partial charge on any atom is 0.284 e. The molecule has 1 aliphatic rings. The van der Waals surface area contributed by atoms with E-state index in [9.17, 15) is 4.79 Å². The third-order valence-corrected chi connectivity index (χ3v) is 3.98. The predicted molar refractivity (Wildman–Crippen MR) is 84.8 cm³/mol. The Bertz CT molecular complexity index is 709. The van der Waals surface area contributed by atoms with Crippen molar-refractivity contribution in [2.24, 2.45) is 0 Å². The van der Waals surface area contributed by atoms with E-state index in [2.05, 4.69) is 10.3 Å². The molecular formula is C15H12ClN3OS. The molecule has 0 aliphatic carbocycles. The van der Waals surface area contributed by atoms with Crippen LogP contribution in [0.3, 0.4) is 0 Å². The van der Waals surface area contributed by atoms with Gasteiger partial charge in [-0.3, -0.25) is 9.21 Å². The molecule has 1 aliphatic heterocycles. The van der Waals surface area contributed by atoms with E-state index in [-0.39, 0.29) is 5.91 Å². The smallest absolute Gasteiger partial charge is 0.284 e. The van der Waals surface area contributed by atoms with Crippen LogP contribution >= 0.6 is 23.1 Å². The van der Waals surface area contributed by atoms with Gasteiger partial charge in [0.15, 0.2) is 5.01 Å². The van der Waals surface area contributed by atoms with Crippen molar-refractivity contribution < 1.29 is 4.79 Å². The van der Waals surface area contributed by atoms with Crippen LogP contribution in [-0.2, 0) is 0 Å². The van der Waals surface area contributed by atoms with Crippen LogP contribution in [0.15, 0.2) is 59.8 Å². The van der Waals surface area contributed by atoms with E-state index < -0.39 is 0 Å². The van der Waals surface area contributed by atoms with Crippen molar-refractivity contribution in [2.45, 2.75) is 0 Å². The molecule has 1 N–H and O–H groups in total. The van der Waals surface area contributed by atoms with Gasteiger partial charge < -0.3 is 5.32 Å². The zero-order chi connectivity index (χ0) is 14.7. The van der Waals surface area contributed by atoms with Crippen LogP contribution in [0.5, 0.6) is 0 Å². The standard InChI is InChI=1S/C15H12ClN3OS/c16-19-8-4-7-12(9-19)17-14(20)15-18-13(10-21-15)11-5-2-1-3-6-11/h1-8,10H,9H2,(H,17,20). The molecule has 2 aromatic rings. The van der Waals surface area contributed by atoms with Crippen molar-refractivity contribution in [3.8, 4) is 11.3 Å². The molecule has 0 saturated heterocycles. The highest BCUT2D eigenvalue weighted by atomic mass is 35.5. The van der Waals surface area contributed by atoms with E-state index in [1.54, 1.807) is 12.3 Å². The molecule has 106 valence electrons. The van der Waals surface area contributed by atoms with Crippen LogP contribution in [-0.4, -0.2) is 21.9 Å². The number of allylic oxidation sites excluding steroid dienone is 2. The Balaban J connectivity index is 1.73. The lowest BCUT2D eigenvalue weighted by molar-refractivity contribution is 0.0964. The van der Waals surface area contributed by atoms with Gasteiger partial charge in [-0.05, 0) is 12.2 Å². The summed E-state index contributed by atoms with van der Waals surface area (Å²) in [5, 5.41) is 5.14. The summed E-state index contributed by atoms with van der Waals surface area (Å²) in [6.45, 7) is 0.459. The molecule has 0 fully saturated rings. The average molecular weight is 318 g/mol. The average Bonchev–Trinajstić information content (AvgIpc) is 2.98. The fourth-order valence-corrected chi connectivity index (χ4v) is 2.84. The number of hydrogen-bond acceptors (Lipinski definition) is 4. The van der Waals surface area contributed by atoms with Crippen LogP contribution < -0.4 is 5.32 Å². The summed E-state index contributed by atoms with van der Waals surface area (Å²) in [6.07, 6.45) is 5.33. The van der Waals surface area contributed by atoms with E-state index >= 15 is 0 Å². The molecule has 1 aromatic heterocycles. The van der Waals surface area contributed by atoms with Crippen LogP contribution in [0.25, 0.3) is 11.3 Å². The molecule has 1 amide bonds. The molecule has 0 spiro atoms. The SMILES string of the molecule is O=C(NC1=CC=CN(Cl)C1)c1nc(-c2ccccc2)cs1. The first-order valence-electron chi connectivity index (χ1n) is 6.34. The highest BCUT2D eigenvalue weighted by molar-refractivity contribution is 7.12. The lowest BCUT2D eigenvalue weighted by Crippen LogP contribution is -2.28. The topological polar surface area (TPSA) is 45.2 Å². The van der Waals surface area contributed by atoms with Gasteiger partial charge in [-0.2, -0.15) is 0 Å². The molecule has 0 radical (unpaired) electrons. The van der Waals surface area contributed by atoms with E-state index in [0.717, 1.165) is 17.0 Å². The first kappa shape index (κ1) is 13.9. The second kappa shape index (κ2) is 6.11. The van der Waals surface area contributed by atoms with Gasteiger partial charge in [-0.15, -0.1) is 11.3 Å². The van der Waals surface area contributed by atoms with Crippen LogP contribution in [0.4, 0.5) is 0 Å². The predicted octanol–water partition coefficient (Wildman–Crippen LogP) is 3.41. The quantitative estimate of drug-likeness (QED) is 0.882. The van der Waals surface area contributed by atoms with Gasteiger partial charge in [-0.1, -0.05) is 30.3 Å². The van der Waals surface area contributed by atoms with Crippen LogP contribution in [0.1, 0.15) is 9.80 Å². The number of nitrogens with zero attached hydrogens (tertiary/aromatic N) is 2. The zero-order valence-electron chi connectivity index (χ0n) is 11.0. The Kier molecular flexibility index (Phi) is 4.03. The minimum Gasteiger partial charge on any atom is -0.322 e. The highest BCUT2D eigenvalue weighted by Gasteiger charge is 2.15. The second-order valence-electron chi connectivity index (χ2n) is 4.45. The number of carbonyl (C=O) groups is 1. The van der Waals surface area contributed by atoms with Crippen molar-refractivity contribution in [2.75, 3.05) is 6.54 Å². The summed E-state index contributed by atoms with van der Waals surface area (Å²) < 4.78 is 1.48. The van der Waals surface area contributed by atoms with Crippen molar-refractivity contribution >= 4 is 29.0 Å². The number of amides is 1. The fourth-order valence-electron chi connectivity index (χ4n) is 1.92. The molecule has 3 rings (SSSR count). The first-order valence-corrected chi connectivity index (χ1v) is 7.56. The Morgan fingerprint density at radius 3 is 2.90 bits per heavy atom. The third-order valence-electron chi connectivity index (χ3n) is 2.91. The molecule has 6 heteroatoms. The van der Waals surface area contributed by atoms with Gasteiger partial charge in [0.2, 0.25) is 0 Å². The monoisotopic (exact) mass is 317 g/mol. The van der Waals surface area contributed by atoms with E-state index in [4.69, 9.17) is 11.8 Å². The molecule has 4 nitrogen and oxygen atoms in total. The minimum absolute atomic E-state index is 0.214. The normalized spacial score (nSPS) is 14.0. The minimum atomic E-state index is -0.214. The lowest BCUT2D eigenvalue weighted by atomic mass is 10.2. The second-order valence-corrected chi connectivity index (χ2v) is 5.74. The third kappa shape index (κ3) is 3.32. The summed E-state index contributed by atoms with van der Waals surface area (Å²) in [4.78, 5) is 16.6. The van der Waals surface area contributed by atoms with Gasteiger partial charge in [0.1, 0.15) is 0 Å². The summed E-state index contributed by atoms with van der Waals surface area (Å²) in [7, 11) is 0. The molecule has 0 bridgehead atoms. The number of hydrogen-bond donors (Lipinski definition) is 1. The number of halogens is 1. The molecule has 0 saturated carbocycles. The summed E-state index contributed by atoms with van der Waals surface area (Å²) in [5.74, 6) is -0.214. The summed E-state index contributed by atoms with van der Waals surface area (Å²) in [5.41, 5.74) is 2.55. The highest BCUT2D eigenvalue weighted by Crippen LogP contribution is 2.21. The molecule has 21 heavy (non-hydrogen) atoms.